The molecular weight excluding hydrogens is 424 g/mol. The predicted molar refractivity (Wildman–Crippen MR) is 118 cm³/mol. The van der Waals surface area contributed by atoms with Crippen molar-refractivity contribution in [1.82, 2.24) is 20.4 Å². The van der Waals surface area contributed by atoms with Crippen LogP contribution in [0.3, 0.4) is 0 Å². The highest BCUT2D eigenvalue weighted by Crippen LogP contribution is 2.31. The number of rotatable bonds is 5. The van der Waals surface area contributed by atoms with Gasteiger partial charge in [0.2, 0.25) is 23.6 Å². The highest BCUT2D eigenvalue weighted by molar-refractivity contribution is 5.97. The molecule has 0 unspecified atom stereocenters. The maximum atomic E-state index is 13.6. The van der Waals surface area contributed by atoms with Crippen molar-refractivity contribution in [3.63, 3.8) is 0 Å². The van der Waals surface area contributed by atoms with E-state index < -0.39 is 12.1 Å². The second-order valence-electron chi connectivity index (χ2n) is 9.50. The van der Waals surface area contributed by atoms with Crippen LogP contribution < -0.4 is 15.4 Å². The minimum absolute atomic E-state index is 0.0177. The Labute approximate surface area is 192 Å². The van der Waals surface area contributed by atoms with Crippen LogP contribution in [-0.4, -0.2) is 77.8 Å². The third kappa shape index (κ3) is 3.94. The lowest BCUT2D eigenvalue weighted by molar-refractivity contribution is -0.144. The van der Waals surface area contributed by atoms with Crippen LogP contribution in [0.4, 0.5) is 0 Å². The van der Waals surface area contributed by atoms with Crippen LogP contribution in [0.25, 0.3) is 0 Å². The Bertz CT molecular complexity index is 977. The number of hydrogen-bond acceptors (Lipinski definition) is 5. The van der Waals surface area contributed by atoms with Crippen molar-refractivity contribution in [3.8, 4) is 5.75 Å². The van der Waals surface area contributed by atoms with E-state index >= 15 is 0 Å². The van der Waals surface area contributed by atoms with E-state index in [-0.39, 0.29) is 48.1 Å². The summed E-state index contributed by atoms with van der Waals surface area (Å²) < 4.78 is 5.36. The van der Waals surface area contributed by atoms with Crippen molar-refractivity contribution in [3.05, 3.63) is 29.8 Å². The second kappa shape index (κ2) is 8.68. The molecule has 0 radical (unpaired) electrons. The van der Waals surface area contributed by atoms with Gasteiger partial charge in [0, 0.05) is 30.6 Å². The lowest BCUT2D eigenvalue weighted by Gasteiger charge is -2.30. The van der Waals surface area contributed by atoms with Crippen LogP contribution in [0, 0.1) is 5.92 Å². The fourth-order valence-corrected chi connectivity index (χ4v) is 5.51. The van der Waals surface area contributed by atoms with Gasteiger partial charge in [0.25, 0.3) is 0 Å². The summed E-state index contributed by atoms with van der Waals surface area (Å²) in [5.74, 6) is 0.125. The zero-order valence-corrected chi connectivity index (χ0v) is 18.8. The molecule has 1 aromatic carbocycles. The molecule has 2 N–H and O–H groups in total. The zero-order chi connectivity index (χ0) is 23.1. The average molecular weight is 455 g/mol. The first-order chi connectivity index (χ1) is 16.0. The topological polar surface area (TPSA) is 108 Å². The Kier molecular flexibility index (Phi) is 5.72. The predicted octanol–water partition coefficient (Wildman–Crippen LogP) is 0.223. The van der Waals surface area contributed by atoms with Crippen molar-refractivity contribution >= 4 is 23.6 Å². The summed E-state index contributed by atoms with van der Waals surface area (Å²) in [5.41, 5.74) is 0.761. The van der Waals surface area contributed by atoms with E-state index in [0.29, 0.717) is 31.7 Å². The van der Waals surface area contributed by atoms with Crippen LogP contribution in [0.5, 0.6) is 5.75 Å². The molecule has 4 fully saturated rings. The Morgan fingerprint density at radius 1 is 1.18 bits per heavy atom. The molecule has 4 amide bonds. The van der Waals surface area contributed by atoms with Crippen LogP contribution in [0.1, 0.15) is 37.7 Å². The molecule has 9 heteroatoms. The van der Waals surface area contributed by atoms with E-state index in [1.807, 2.05) is 18.2 Å². The van der Waals surface area contributed by atoms with Crippen LogP contribution in [0.15, 0.2) is 24.3 Å². The molecule has 1 aromatic rings. The number of nitrogens with one attached hydrogen (secondary N) is 2. The normalized spacial score (nSPS) is 29.0. The number of ether oxygens (including phenoxy) is 1. The second-order valence-corrected chi connectivity index (χ2v) is 9.50. The molecule has 33 heavy (non-hydrogen) atoms. The standard InChI is InChI=1S/C24H30N4O5/c1-33-19-8-3-2-5-15(19)11-20(29)27-10-9-17-21(27)24(32)28-13-16(12-18(28)23(31)26-17)25-22(30)14-6-4-7-14/h2-3,5,8,14,16-18,21H,4,6-7,9-13H2,1H3,(H,25,30)(H,26,31)/t16-,17-,18+,21-/m0/s1. The number of carbonyl (C=O) groups excluding carboxylic acids is 4. The maximum Gasteiger partial charge on any atom is 0.248 e. The average Bonchev–Trinajstić information content (AvgIpc) is 3.34. The van der Waals surface area contributed by atoms with Crippen molar-refractivity contribution < 1.29 is 23.9 Å². The van der Waals surface area contributed by atoms with Gasteiger partial charge in [-0.3, -0.25) is 19.2 Å². The lowest BCUT2D eigenvalue weighted by atomic mass is 9.84. The fourth-order valence-electron chi connectivity index (χ4n) is 5.51. The smallest absolute Gasteiger partial charge is 0.248 e. The Morgan fingerprint density at radius 3 is 2.70 bits per heavy atom. The molecule has 1 aliphatic carbocycles. The molecule has 1 saturated carbocycles. The van der Waals surface area contributed by atoms with Gasteiger partial charge >= 0.3 is 0 Å². The minimum atomic E-state index is -0.720. The molecule has 3 aliphatic heterocycles. The maximum absolute atomic E-state index is 13.6. The lowest BCUT2D eigenvalue weighted by Crippen LogP contribution is -2.53. The molecule has 3 heterocycles. The molecule has 9 nitrogen and oxygen atoms in total. The summed E-state index contributed by atoms with van der Waals surface area (Å²) >= 11 is 0. The van der Waals surface area contributed by atoms with E-state index in [1.54, 1.807) is 23.0 Å². The van der Waals surface area contributed by atoms with E-state index in [1.165, 1.54) is 0 Å². The molecule has 4 atom stereocenters. The molecule has 3 saturated heterocycles. The van der Waals surface area contributed by atoms with Crippen molar-refractivity contribution in [2.24, 2.45) is 5.92 Å². The summed E-state index contributed by atoms with van der Waals surface area (Å²) in [7, 11) is 1.56. The number of hydrogen-bond donors (Lipinski definition) is 2. The third-order valence-electron chi connectivity index (χ3n) is 7.54. The van der Waals surface area contributed by atoms with E-state index in [4.69, 9.17) is 4.74 Å². The number of likely N-dealkylation sites (tertiary alicyclic amines) is 1. The van der Waals surface area contributed by atoms with Crippen LogP contribution in [-0.2, 0) is 25.6 Å². The molecule has 5 rings (SSSR count). The highest BCUT2D eigenvalue weighted by Gasteiger charge is 2.52. The van der Waals surface area contributed by atoms with E-state index in [0.717, 1.165) is 24.8 Å². The molecular formula is C24H30N4O5. The van der Waals surface area contributed by atoms with E-state index in [9.17, 15) is 19.2 Å². The van der Waals surface area contributed by atoms with Gasteiger partial charge in [-0.1, -0.05) is 24.6 Å². The largest absolute Gasteiger partial charge is 0.496 e. The van der Waals surface area contributed by atoms with Gasteiger partial charge in [0.05, 0.1) is 19.6 Å². The highest BCUT2D eigenvalue weighted by atomic mass is 16.5. The number of fused-ring (bicyclic) bond motifs is 2. The molecule has 0 spiro atoms. The van der Waals surface area contributed by atoms with Crippen LogP contribution in [0.2, 0.25) is 0 Å². The first-order valence-electron chi connectivity index (χ1n) is 11.8. The Balaban J connectivity index is 1.31. The monoisotopic (exact) mass is 454 g/mol. The van der Waals surface area contributed by atoms with Crippen molar-refractivity contribution in [2.45, 2.75) is 62.7 Å². The molecule has 176 valence electrons. The number of carbonyl (C=O) groups is 4. The van der Waals surface area contributed by atoms with Gasteiger partial charge in [0.1, 0.15) is 17.8 Å². The number of para-hydroxylation sites is 1. The first-order valence-corrected chi connectivity index (χ1v) is 11.8. The van der Waals surface area contributed by atoms with Crippen molar-refractivity contribution in [1.29, 1.82) is 0 Å². The summed E-state index contributed by atoms with van der Waals surface area (Å²) in [6, 6.07) is 5.38. The number of amides is 4. The fraction of sp³-hybridized carbons (Fsp3) is 0.583. The summed E-state index contributed by atoms with van der Waals surface area (Å²) in [4.78, 5) is 55.3. The summed E-state index contributed by atoms with van der Waals surface area (Å²) in [5, 5.41) is 6.03. The van der Waals surface area contributed by atoms with Gasteiger partial charge < -0.3 is 25.2 Å². The first kappa shape index (κ1) is 21.7. The van der Waals surface area contributed by atoms with Crippen LogP contribution >= 0.6 is 0 Å². The number of benzene rings is 1. The summed E-state index contributed by atoms with van der Waals surface area (Å²) in [6.45, 7) is 0.711. The summed E-state index contributed by atoms with van der Waals surface area (Å²) in [6.07, 6.45) is 3.95. The van der Waals surface area contributed by atoms with Gasteiger partial charge in [-0.05, 0) is 31.7 Å². The Hall–Kier alpha value is -3.10. The molecule has 0 bridgehead atoms. The Morgan fingerprint density at radius 2 is 1.97 bits per heavy atom. The van der Waals surface area contributed by atoms with E-state index in [2.05, 4.69) is 10.6 Å². The zero-order valence-electron chi connectivity index (χ0n) is 18.8. The SMILES string of the molecule is COc1ccccc1CC(=O)N1CC[C@@H]2NC(=O)[C@H]3C[C@H](NC(=O)C4CCC4)CN3C(=O)[C@H]21. The van der Waals surface area contributed by atoms with Gasteiger partial charge in [0.15, 0.2) is 0 Å². The van der Waals surface area contributed by atoms with Gasteiger partial charge in [-0.25, -0.2) is 0 Å². The number of nitrogens with zero attached hydrogens (tertiary/aromatic N) is 2. The van der Waals surface area contributed by atoms with Gasteiger partial charge in [-0.2, -0.15) is 0 Å². The number of methoxy groups -OCH3 is 1. The van der Waals surface area contributed by atoms with Crippen molar-refractivity contribution in [2.75, 3.05) is 20.2 Å². The molecule has 0 aromatic heterocycles. The minimum Gasteiger partial charge on any atom is -0.496 e. The molecule has 4 aliphatic rings. The quantitative estimate of drug-likeness (QED) is 0.662. The third-order valence-corrected chi connectivity index (χ3v) is 7.54. The van der Waals surface area contributed by atoms with Gasteiger partial charge in [-0.15, -0.1) is 0 Å².